The number of hydrogen-bond acceptors (Lipinski definition) is 3. The highest BCUT2D eigenvalue weighted by atomic mass is 35.5. The highest BCUT2D eigenvalue weighted by Gasteiger charge is 2.27. The first kappa shape index (κ1) is 19.4. The number of rotatable bonds is 6. The van der Waals surface area contributed by atoms with Gasteiger partial charge in [0.1, 0.15) is 6.61 Å². The van der Waals surface area contributed by atoms with Gasteiger partial charge in [-0.2, -0.15) is 0 Å². The lowest BCUT2D eigenvalue weighted by molar-refractivity contribution is -0.129. The zero-order chi connectivity index (χ0) is 19.2. The lowest BCUT2D eigenvalue weighted by Gasteiger charge is -2.33. The van der Waals surface area contributed by atoms with Gasteiger partial charge in [-0.25, -0.2) is 0 Å². The Morgan fingerprint density at radius 1 is 1.15 bits per heavy atom. The molecule has 3 rings (SSSR count). The average molecular weight is 387 g/mol. The van der Waals surface area contributed by atoms with Crippen molar-refractivity contribution in [2.24, 2.45) is 0 Å². The number of hydrogen-bond donors (Lipinski definition) is 1. The number of carbonyl (C=O) groups excluding carboxylic acids is 2. The van der Waals surface area contributed by atoms with Gasteiger partial charge in [-0.3, -0.25) is 9.59 Å². The third-order valence-corrected chi connectivity index (χ3v) is 4.84. The Morgan fingerprint density at radius 2 is 1.81 bits per heavy atom. The number of ether oxygens (including phenoxy) is 1. The predicted octanol–water partition coefficient (Wildman–Crippen LogP) is 2.99. The Kier molecular flexibility index (Phi) is 6.48. The molecule has 0 saturated carbocycles. The van der Waals surface area contributed by atoms with E-state index in [9.17, 15) is 9.59 Å². The van der Waals surface area contributed by atoms with Crippen LogP contribution in [-0.4, -0.2) is 37.6 Å². The van der Waals surface area contributed by atoms with Crippen LogP contribution in [0.4, 0.5) is 5.69 Å². The van der Waals surface area contributed by atoms with Crippen molar-refractivity contribution in [2.45, 2.75) is 25.9 Å². The van der Waals surface area contributed by atoms with Crippen molar-refractivity contribution in [3.8, 4) is 0 Å². The standard InChI is InChI=1S/C21H23ClN2O3/c1-2-15-5-9-18(10-6-15)24-13-19(27-14-21(24)26)12-23-20(25)11-16-3-7-17(22)8-4-16/h3-10,19H,2,11-14H2,1H3,(H,23,25). The van der Waals surface area contributed by atoms with E-state index in [1.807, 2.05) is 36.4 Å². The molecule has 2 aromatic carbocycles. The first-order valence-electron chi connectivity index (χ1n) is 9.07. The van der Waals surface area contributed by atoms with E-state index in [0.29, 0.717) is 18.1 Å². The van der Waals surface area contributed by atoms with E-state index >= 15 is 0 Å². The molecule has 0 aromatic heterocycles. The van der Waals surface area contributed by atoms with Crippen LogP contribution in [0.5, 0.6) is 0 Å². The molecule has 1 aliphatic heterocycles. The number of aryl methyl sites for hydroxylation is 1. The summed E-state index contributed by atoms with van der Waals surface area (Å²) in [6.07, 6.45) is 1.01. The van der Waals surface area contributed by atoms with Gasteiger partial charge in [-0.1, -0.05) is 42.8 Å². The number of benzene rings is 2. The Bertz CT molecular complexity index is 790. The van der Waals surface area contributed by atoms with Crippen molar-refractivity contribution >= 4 is 29.1 Å². The van der Waals surface area contributed by atoms with Crippen LogP contribution in [0.25, 0.3) is 0 Å². The maximum absolute atomic E-state index is 12.2. The third kappa shape index (κ3) is 5.31. The van der Waals surface area contributed by atoms with Crippen LogP contribution in [-0.2, 0) is 27.2 Å². The van der Waals surface area contributed by atoms with E-state index in [1.165, 1.54) is 5.56 Å². The number of anilines is 1. The maximum atomic E-state index is 12.2. The summed E-state index contributed by atoms with van der Waals surface area (Å²) in [7, 11) is 0. The Morgan fingerprint density at radius 3 is 2.48 bits per heavy atom. The van der Waals surface area contributed by atoms with Crippen molar-refractivity contribution in [2.75, 3.05) is 24.6 Å². The molecule has 1 N–H and O–H groups in total. The number of halogens is 1. The summed E-state index contributed by atoms with van der Waals surface area (Å²) < 4.78 is 5.58. The number of nitrogens with one attached hydrogen (secondary N) is 1. The topological polar surface area (TPSA) is 58.6 Å². The van der Waals surface area contributed by atoms with Crippen LogP contribution < -0.4 is 10.2 Å². The van der Waals surface area contributed by atoms with Crippen LogP contribution >= 0.6 is 11.6 Å². The number of nitrogens with zero attached hydrogens (tertiary/aromatic N) is 1. The summed E-state index contributed by atoms with van der Waals surface area (Å²) in [4.78, 5) is 26.1. The first-order valence-corrected chi connectivity index (χ1v) is 9.45. The molecule has 5 nitrogen and oxygen atoms in total. The van der Waals surface area contributed by atoms with Crippen LogP contribution in [0.15, 0.2) is 48.5 Å². The molecule has 1 unspecified atom stereocenters. The van der Waals surface area contributed by atoms with E-state index in [0.717, 1.165) is 17.7 Å². The highest BCUT2D eigenvalue weighted by Crippen LogP contribution is 2.19. The maximum Gasteiger partial charge on any atom is 0.253 e. The van der Waals surface area contributed by atoms with Crippen LogP contribution in [0, 0.1) is 0 Å². The number of carbonyl (C=O) groups is 2. The quantitative estimate of drug-likeness (QED) is 0.830. The second kappa shape index (κ2) is 9.02. The Hall–Kier alpha value is -2.37. The monoisotopic (exact) mass is 386 g/mol. The van der Waals surface area contributed by atoms with Gasteiger partial charge in [-0.15, -0.1) is 0 Å². The molecule has 2 aromatic rings. The minimum atomic E-state index is -0.234. The SMILES string of the molecule is CCc1ccc(N2CC(CNC(=O)Cc3ccc(Cl)cc3)OCC2=O)cc1. The molecule has 1 heterocycles. The minimum absolute atomic E-state index is 0.0211. The van der Waals surface area contributed by atoms with Crippen LogP contribution in [0.1, 0.15) is 18.1 Å². The van der Waals surface area contributed by atoms with E-state index in [4.69, 9.17) is 16.3 Å². The molecule has 1 aliphatic rings. The van der Waals surface area contributed by atoms with Crippen molar-refractivity contribution in [1.29, 1.82) is 0 Å². The molecule has 142 valence electrons. The van der Waals surface area contributed by atoms with E-state index in [2.05, 4.69) is 12.2 Å². The van der Waals surface area contributed by atoms with Gasteiger partial charge >= 0.3 is 0 Å². The van der Waals surface area contributed by atoms with Crippen LogP contribution in [0.3, 0.4) is 0 Å². The molecule has 2 amide bonds. The lowest BCUT2D eigenvalue weighted by atomic mass is 10.1. The van der Waals surface area contributed by atoms with Gasteiger partial charge in [-0.05, 0) is 41.8 Å². The zero-order valence-corrected chi connectivity index (χ0v) is 16.0. The fourth-order valence-electron chi connectivity index (χ4n) is 2.99. The molecule has 1 atom stereocenters. The molecule has 0 spiro atoms. The van der Waals surface area contributed by atoms with Gasteiger partial charge in [0.15, 0.2) is 0 Å². The highest BCUT2D eigenvalue weighted by molar-refractivity contribution is 6.30. The van der Waals surface area contributed by atoms with Gasteiger partial charge < -0.3 is 15.0 Å². The Balaban J connectivity index is 1.53. The molecule has 0 bridgehead atoms. The van der Waals surface area contributed by atoms with Crippen molar-refractivity contribution in [3.63, 3.8) is 0 Å². The van der Waals surface area contributed by atoms with Crippen molar-refractivity contribution in [3.05, 3.63) is 64.7 Å². The molecular formula is C21H23ClN2O3. The van der Waals surface area contributed by atoms with Crippen molar-refractivity contribution < 1.29 is 14.3 Å². The summed E-state index contributed by atoms with van der Waals surface area (Å²) in [5.41, 5.74) is 2.98. The largest absolute Gasteiger partial charge is 0.365 e. The molecule has 1 fully saturated rings. The third-order valence-electron chi connectivity index (χ3n) is 4.59. The lowest BCUT2D eigenvalue weighted by Crippen LogP contribution is -2.50. The van der Waals surface area contributed by atoms with Gasteiger partial charge in [0.25, 0.3) is 5.91 Å². The average Bonchev–Trinajstić information content (AvgIpc) is 2.69. The normalized spacial score (nSPS) is 17.0. The second-order valence-electron chi connectivity index (χ2n) is 6.56. The molecular weight excluding hydrogens is 364 g/mol. The Labute approximate surface area is 164 Å². The molecule has 0 aliphatic carbocycles. The van der Waals surface area contributed by atoms with Gasteiger partial charge in [0.05, 0.1) is 19.1 Å². The minimum Gasteiger partial charge on any atom is -0.365 e. The molecule has 1 saturated heterocycles. The van der Waals surface area contributed by atoms with Crippen LogP contribution in [0.2, 0.25) is 5.02 Å². The van der Waals surface area contributed by atoms with E-state index in [1.54, 1.807) is 17.0 Å². The zero-order valence-electron chi connectivity index (χ0n) is 15.3. The number of amides is 2. The predicted molar refractivity (Wildman–Crippen MR) is 106 cm³/mol. The summed E-state index contributed by atoms with van der Waals surface area (Å²) in [6.45, 7) is 2.90. The number of morpholine rings is 1. The summed E-state index contributed by atoms with van der Waals surface area (Å²) in [5, 5.41) is 3.53. The van der Waals surface area contributed by atoms with Gasteiger partial charge in [0.2, 0.25) is 5.91 Å². The van der Waals surface area contributed by atoms with E-state index in [-0.39, 0.29) is 30.9 Å². The summed E-state index contributed by atoms with van der Waals surface area (Å²) in [5.74, 6) is -0.153. The van der Waals surface area contributed by atoms with Crippen molar-refractivity contribution in [1.82, 2.24) is 5.32 Å². The fourth-order valence-corrected chi connectivity index (χ4v) is 3.11. The van der Waals surface area contributed by atoms with E-state index < -0.39 is 0 Å². The molecule has 0 radical (unpaired) electrons. The first-order chi connectivity index (χ1) is 13.0. The molecule has 27 heavy (non-hydrogen) atoms. The summed E-state index contributed by atoms with van der Waals surface area (Å²) >= 11 is 5.85. The smallest absolute Gasteiger partial charge is 0.253 e. The molecule has 6 heteroatoms. The fraction of sp³-hybridized carbons (Fsp3) is 0.333. The van der Waals surface area contributed by atoms with Gasteiger partial charge in [0, 0.05) is 17.3 Å². The second-order valence-corrected chi connectivity index (χ2v) is 7.00. The summed E-state index contributed by atoms with van der Waals surface area (Å²) in [6, 6.07) is 15.2.